The molecule has 0 amide bonds. The van der Waals surface area contributed by atoms with Crippen LogP contribution in [0.1, 0.15) is 12.0 Å². The van der Waals surface area contributed by atoms with Crippen LogP contribution in [0.15, 0.2) is 36.8 Å². The van der Waals surface area contributed by atoms with Gasteiger partial charge in [0, 0.05) is 61.7 Å². The molecular formula is C19H23N5O3. The quantitative estimate of drug-likeness (QED) is 0.691. The number of likely N-dealkylation sites (tertiary alicyclic amines) is 1. The highest BCUT2D eigenvalue weighted by molar-refractivity contribution is 5.69. The molecule has 2 atom stereocenters. The first kappa shape index (κ1) is 17.8. The number of benzene rings is 1. The van der Waals surface area contributed by atoms with Crippen LogP contribution < -0.4 is 15.6 Å². The molecule has 8 heteroatoms. The number of hydrogen-bond acceptors (Lipinski definition) is 7. The zero-order valence-electron chi connectivity index (χ0n) is 15.0. The van der Waals surface area contributed by atoms with Gasteiger partial charge in [-0.15, -0.1) is 0 Å². The van der Waals surface area contributed by atoms with Gasteiger partial charge in [0.15, 0.2) is 6.61 Å². The monoisotopic (exact) mass is 369 g/mol. The molecule has 8 nitrogen and oxygen atoms in total. The summed E-state index contributed by atoms with van der Waals surface area (Å²) in [5.74, 6) is 0.211. The number of piperidine rings is 1. The Labute approximate surface area is 157 Å². The molecule has 0 aliphatic carbocycles. The molecule has 0 bridgehead atoms. The Bertz CT molecular complexity index is 801. The highest BCUT2D eigenvalue weighted by atomic mass is 16.5. The zero-order valence-corrected chi connectivity index (χ0v) is 15.0. The lowest BCUT2D eigenvalue weighted by molar-refractivity contribution is -0.139. The first-order chi connectivity index (χ1) is 13.2. The lowest BCUT2D eigenvalue weighted by Gasteiger charge is -2.34. The number of carboxylic acid groups (broad SMARTS) is 1. The second kappa shape index (κ2) is 7.99. The van der Waals surface area contributed by atoms with E-state index < -0.39 is 5.97 Å². The van der Waals surface area contributed by atoms with Crippen molar-refractivity contribution in [3.8, 4) is 17.0 Å². The Hall–Kier alpha value is -2.55. The number of aliphatic carboxylic acids is 1. The van der Waals surface area contributed by atoms with Crippen molar-refractivity contribution in [3.63, 3.8) is 0 Å². The Morgan fingerprint density at radius 2 is 2.30 bits per heavy atom. The van der Waals surface area contributed by atoms with Crippen molar-refractivity contribution in [2.75, 3.05) is 26.2 Å². The molecule has 142 valence electrons. The molecule has 2 unspecified atom stereocenters. The lowest BCUT2D eigenvalue weighted by Crippen LogP contribution is -2.44. The third kappa shape index (κ3) is 4.24. The van der Waals surface area contributed by atoms with Crippen LogP contribution in [0, 0.1) is 5.92 Å². The highest BCUT2D eigenvalue weighted by Gasteiger charge is 2.32. The minimum absolute atomic E-state index is 0.351. The van der Waals surface area contributed by atoms with Crippen molar-refractivity contribution in [1.82, 2.24) is 25.7 Å². The minimum Gasteiger partial charge on any atom is -0.482 e. The molecule has 2 aromatic rings. The van der Waals surface area contributed by atoms with Crippen molar-refractivity contribution < 1.29 is 14.6 Å². The number of carbonyl (C=O) groups is 1. The van der Waals surface area contributed by atoms with Gasteiger partial charge in [0.05, 0.1) is 11.9 Å². The van der Waals surface area contributed by atoms with Crippen molar-refractivity contribution >= 4 is 5.97 Å². The first-order valence-electron chi connectivity index (χ1n) is 9.13. The van der Waals surface area contributed by atoms with Crippen LogP contribution >= 0.6 is 0 Å². The number of hydrazine groups is 1. The van der Waals surface area contributed by atoms with Gasteiger partial charge in [-0.05, 0) is 24.6 Å². The normalized spacial score (nSPS) is 22.4. The average molecular weight is 369 g/mol. The van der Waals surface area contributed by atoms with Crippen LogP contribution in [0.3, 0.4) is 0 Å². The summed E-state index contributed by atoms with van der Waals surface area (Å²) in [6.07, 6.45) is 6.11. The van der Waals surface area contributed by atoms with E-state index in [4.69, 9.17) is 9.84 Å². The number of fused-ring (bicyclic) bond motifs is 1. The second-order valence-corrected chi connectivity index (χ2v) is 7.01. The van der Waals surface area contributed by atoms with E-state index in [1.165, 1.54) is 0 Å². The van der Waals surface area contributed by atoms with Crippen LogP contribution in [0.5, 0.6) is 5.75 Å². The summed E-state index contributed by atoms with van der Waals surface area (Å²) in [4.78, 5) is 21.8. The summed E-state index contributed by atoms with van der Waals surface area (Å²) in [6.45, 7) is 3.33. The fourth-order valence-electron chi connectivity index (χ4n) is 3.80. The number of carboxylic acids is 1. The molecule has 2 aliphatic rings. The maximum absolute atomic E-state index is 10.9. The van der Waals surface area contributed by atoms with Gasteiger partial charge >= 0.3 is 5.97 Å². The van der Waals surface area contributed by atoms with E-state index in [2.05, 4.69) is 25.7 Å². The molecule has 1 aromatic heterocycles. The van der Waals surface area contributed by atoms with Crippen LogP contribution in [0.2, 0.25) is 0 Å². The topological polar surface area (TPSA) is 99.6 Å². The highest BCUT2D eigenvalue weighted by Crippen LogP contribution is 2.29. The number of nitrogens with one attached hydrogen (secondary N) is 2. The molecule has 3 heterocycles. The van der Waals surface area contributed by atoms with E-state index in [-0.39, 0.29) is 6.61 Å². The summed E-state index contributed by atoms with van der Waals surface area (Å²) in [5, 5.41) is 8.95. The zero-order chi connectivity index (χ0) is 18.6. The molecule has 4 rings (SSSR count). The molecule has 27 heavy (non-hydrogen) atoms. The second-order valence-electron chi connectivity index (χ2n) is 7.01. The number of rotatable bonds is 6. The number of aromatic nitrogens is 2. The van der Waals surface area contributed by atoms with Gasteiger partial charge in [-0.25, -0.2) is 4.79 Å². The van der Waals surface area contributed by atoms with Crippen molar-refractivity contribution in [3.05, 3.63) is 42.4 Å². The molecule has 2 aliphatic heterocycles. The lowest BCUT2D eigenvalue weighted by atomic mass is 9.94. The number of nitrogens with zero attached hydrogens (tertiary/aromatic N) is 3. The fraction of sp³-hybridized carbons (Fsp3) is 0.421. The van der Waals surface area contributed by atoms with Crippen LogP contribution in [-0.2, 0) is 11.3 Å². The SMILES string of the molecule is O=C(O)COc1ccc(-c2cnccn2)cc1CN1CCC2NNCC2C1. The average Bonchev–Trinajstić information content (AvgIpc) is 3.15. The third-order valence-electron chi connectivity index (χ3n) is 5.13. The summed E-state index contributed by atoms with van der Waals surface area (Å²) < 4.78 is 5.53. The van der Waals surface area contributed by atoms with Crippen molar-refractivity contribution in [2.24, 2.45) is 5.92 Å². The summed E-state index contributed by atoms with van der Waals surface area (Å²) >= 11 is 0. The number of hydrogen-bond donors (Lipinski definition) is 3. The molecular weight excluding hydrogens is 346 g/mol. The largest absolute Gasteiger partial charge is 0.482 e. The van der Waals surface area contributed by atoms with E-state index in [0.29, 0.717) is 24.3 Å². The van der Waals surface area contributed by atoms with Gasteiger partial charge in [0.2, 0.25) is 0 Å². The van der Waals surface area contributed by atoms with Gasteiger partial charge in [0.1, 0.15) is 5.75 Å². The summed E-state index contributed by atoms with van der Waals surface area (Å²) in [7, 11) is 0. The Kier molecular flexibility index (Phi) is 5.28. The summed E-state index contributed by atoms with van der Waals surface area (Å²) in [5.41, 5.74) is 9.27. The van der Waals surface area contributed by atoms with Gasteiger partial charge in [-0.3, -0.25) is 25.7 Å². The standard InChI is InChI=1S/C19H23N5O3/c25-19(26)12-27-18-2-1-13(17-9-20-4-5-21-17)7-14(18)10-24-6-3-16-15(11-24)8-22-23-16/h1-2,4-5,7,9,15-16,22-23H,3,6,8,10-12H2,(H,25,26). The third-order valence-corrected chi connectivity index (χ3v) is 5.13. The molecule has 1 aromatic carbocycles. The summed E-state index contributed by atoms with van der Waals surface area (Å²) in [6, 6.07) is 6.28. The number of ether oxygens (including phenoxy) is 1. The molecule has 0 saturated carbocycles. The van der Waals surface area contributed by atoms with Gasteiger partial charge in [-0.2, -0.15) is 0 Å². The van der Waals surface area contributed by atoms with E-state index in [9.17, 15) is 4.79 Å². The Balaban J connectivity index is 1.56. The van der Waals surface area contributed by atoms with Gasteiger partial charge in [-0.1, -0.05) is 0 Å². The van der Waals surface area contributed by atoms with Crippen molar-refractivity contribution in [2.45, 2.75) is 19.0 Å². The van der Waals surface area contributed by atoms with E-state index in [1.54, 1.807) is 18.6 Å². The molecule has 2 saturated heterocycles. The van der Waals surface area contributed by atoms with Crippen LogP contribution in [-0.4, -0.2) is 58.2 Å². The molecule has 3 N–H and O–H groups in total. The van der Waals surface area contributed by atoms with E-state index in [1.807, 2.05) is 18.2 Å². The fourth-order valence-corrected chi connectivity index (χ4v) is 3.80. The van der Waals surface area contributed by atoms with E-state index >= 15 is 0 Å². The maximum atomic E-state index is 10.9. The Morgan fingerprint density at radius 1 is 1.37 bits per heavy atom. The predicted octanol–water partition coefficient (Wildman–Crippen LogP) is 0.905. The Morgan fingerprint density at radius 3 is 3.11 bits per heavy atom. The first-order valence-corrected chi connectivity index (χ1v) is 9.13. The van der Waals surface area contributed by atoms with Crippen LogP contribution in [0.4, 0.5) is 0 Å². The maximum Gasteiger partial charge on any atom is 0.341 e. The predicted molar refractivity (Wildman–Crippen MR) is 98.9 cm³/mol. The molecule has 0 spiro atoms. The van der Waals surface area contributed by atoms with Crippen molar-refractivity contribution in [1.29, 1.82) is 0 Å². The van der Waals surface area contributed by atoms with Crippen LogP contribution in [0.25, 0.3) is 11.3 Å². The minimum atomic E-state index is -0.983. The molecule has 0 radical (unpaired) electrons. The van der Waals surface area contributed by atoms with E-state index in [0.717, 1.165) is 42.9 Å². The van der Waals surface area contributed by atoms with Gasteiger partial charge < -0.3 is 9.84 Å². The smallest absolute Gasteiger partial charge is 0.341 e. The molecule has 2 fully saturated rings. The van der Waals surface area contributed by atoms with Gasteiger partial charge in [0.25, 0.3) is 0 Å².